The summed E-state index contributed by atoms with van der Waals surface area (Å²) in [7, 11) is 4.12. The lowest BCUT2D eigenvalue weighted by atomic mass is 9.92. The number of carbonyl (C=O) groups excluding carboxylic acids is 1. The Kier molecular flexibility index (Phi) is 6.21. The van der Waals surface area contributed by atoms with Gasteiger partial charge in [0.1, 0.15) is 0 Å². The summed E-state index contributed by atoms with van der Waals surface area (Å²) in [5, 5.41) is 3.06. The first-order chi connectivity index (χ1) is 9.28. The number of rotatable bonds is 6. The number of nitrogens with zero attached hydrogens (tertiary/aromatic N) is 1. The molecular formula is C17H28N2O. The molecule has 0 heterocycles. The van der Waals surface area contributed by atoms with Crippen LogP contribution in [-0.2, 0) is 11.2 Å². The molecule has 1 rings (SSSR count). The maximum absolute atomic E-state index is 11.9. The Morgan fingerprint density at radius 3 is 2.30 bits per heavy atom. The maximum Gasteiger partial charge on any atom is 0.220 e. The third-order valence-electron chi connectivity index (χ3n) is 3.27. The first-order valence-corrected chi connectivity index (χ1v) is 7.25. The van der Waals surface area contributed by atoms with E-state index in [1.54, 1.807) is 0 Å². The lowest BCUT2D eigenvalue weighted by Crippen LogP contribution is -2.42. The van der Waals surface area contributed by atoms with Crippen molar-refractivity contribution in [3.05, 3.63) is 35.9 Å². The number of nitrogens with one attached hydrogen (secondary N) is 1. The van der Waals surface area contributed by atoms with Crippen molar-refractivity contribution in [1.29, 1.82) is 0 Å². The van der Waals surface area contributed by atoms with Gasteiger partial charge in [0.2, 0.25) is 5.91 Å². The number of hydrogen-bond acceptors (Lipinski definition) is 2. The Balaban J connectivity index is 2.50. The highest BCUT2D eigenvalue weighted by Crippen LogP contribution is 2.17. The zero-order valence-corrected chi connectivity index (χ0v) is 13.4. The molecular weight excluding hydrogens is 248 g/mol. The molecule has 0 saturated heterocycles. The van der Waals surface area contributed by atoms with E-state index in [1.807, 2.05) is 6.07 Å². The average molecular weight is 276 g/mol. The van der Waals surface area contributed by atoms with E-state index >= 15 is 0 Å². The quantitative estimate of drug-likeness (QED) is 0.866. The molecule has 0 fully saturated rings. The van der Waals surface area contributed by atoms with Crippen LogP contribution >= 0.6 is 0 Å². The van der Waals surface area contributed by atoms with Crippen LogP contribution in [0.3, 0.4) is 0 Å². The molecule has 1 amide bonds. The third kappa shape index (κ3) is 6.71. The van der Waals surface area contributed by atoms with Gasteiger partial charge in [-0.2, -0.15) is 0 Å². The third-order valence-corrected chi connectivity index (χ3v) is 3.27. The van der Waals surface area contributed by atoms with Crippen molar-refractivity contribution in [1.82, 2.24) is 10.2 Å². The van der Waals surface area contributed by atoms with Gasteiger partial charge in [-0.1, -0.05) is 51.1 Å². The van der Waals surface area contributed by atoms with Crippen LogP contribution in [0.5, 0.6) is 0 Å². The largest absolute Gasteiger partial charge is 0.355 e. The molecule has 0 aliphatic rings. The molecule has 1 N–H and O–H groups in total. The number of hydrogen-bond donors (Lipinski definition) is 1. The van der Waals surface area contributed by atoms with Crippen LogP contribution in [0.2, 0.25) is 0 Å². The molecule has 3 heteroatoms. The van der Waals surface area contributed by atoms with Gasteiger partial charge in [-0.15, -0.1) is 0 Å². The van der Waals surface area contributed by atoms with Crippen molar-refractivity contribution in [2.75, 3.05) is 20.6 Å². The molecule has 0 aliphatic heterocycles. The molecule has 0 radical (unpaired) electrons. The Bertz CT molecular complexity index is 407. The number of benzene rings is 1. The topological polar surface area (TPSA) is 32.3 Å². The van der Waals surface area contributed by atoms with E-state index in [4.69, 9.17) is 0 Å². The lowest BCUT2D eigenvalue weighted by molar-refractivity contribution is -0.123. The fourth-order valence-electron chi connectivity index (χ4n) is 2.10. The summed E-state index contributed by atoms with van der Waals surface area (Å²) < 4.78 is 0. The predicted molar refractivity (Wildman–Crippen MR) is 84.7 cm³/mol. The van der Waals surface area contributed by atoms with E-state index in [1.165, 1.54) is 5.56 Å². The standard InChI is InChI=1S/C17H28N2O/c1-17(2,3)12-16(20)18-13-15(19(4)5)11-14-9-7-6-8-10-14/h6-10,15H,11-13H2,1-5H3,(H,18,20)/t15-/m1/s1. The summed E-state index contributed by atoms with van der Waals surface area (Å²) in [6, 6.07) is 10.7. The zero-order chi connectivity index (χ0) is 15.2. The molecule has 0 aromatic heterocycles. The zero-order valence-electron chi connectivity index (χ0n) is 13.4. The van der Waals surface area contributed by atoms with Gasteiger partial charge in [0.25, 0.3) is 0 Å². The van der Waals surface area contributed by atoms with Crippen molar-refractivity contribution < 1.29 is 4.79 Å². The second kappa shape index (κ2) is 7.44. The lowest BCUT2D eigenvalue weighted by Gasteiger charge is -2.26. The highest BCUT2D eigenvalue weighted by molar-refractivity contribution is 5.76. The van der Waals surface area contributed by atoms with E-state index in [9.17, 15) is 4.79 Å². The Labute approximate surface area is 123 Å². The molecule has 1 aromatic carbocycles. The monoisotopic (exact) mass is 276 g/mol. The summed E-state index contributed by atoms with van der Waals surface area (Å²) in [5.74, 6) is 0.136. The van der Waals surface area contributed by atoms with Crippen LogP contribution in [0.15, 0.2) is 30.3 Å². The van der Waals surface area contributed by atoms with Crippen LogP contribution in [0.4, 0.5) is 0 Å². The molecule has 112 valence electrons. The maximum atomic E-state index is 11.9. The minimum absolute atomic E-state index is 0.0388. The minimum atomic E-state index is 0.0388. The highest BCUT2D eigenvalue weighted by Gasteiger charge is 2.18. The fourth-order valence-corrected chi connectivity index (χ4v) is 2.10. The van der Waals surface area contributed by atoms with E-state index in [-0.39, 0.29) is 11.3 Å². The fraction of sp³-hybridized carbons (Fsp3) is 0.588. The smallest absolute Gasteiger partial charge is 0.220 e. The van der Waals surface area contributed by atoms with E-state index in [0.29, 0.717) is 19.0 Å². The molecule has 0 bridgehead atoms. The normalized spacial score (nSPS) is 13.3. The highest BCUT2D eigenvalue weighted by atomic mass is 16.1. The van der Waals surface area contributed by atoms with Crippen LogP contribution in [0, 0.1) is 5.41 Å². The first-order valence-electron chi connectivity index (χ1n) is 7.25. The summed E-state index contributed by atoms with van der Waals surface area (Å²) >= 11 is 0. The number of amides is 1. The van der Waals surface area contributed by atoms with Crippen molar-refractivity contribution in [3.63, 3.8) is 0 Å². The van der Waals surface area contributed by atoms with Crippen LogP contribution < -0.4 is 5.32 Å². The Morgan fingerprint density at radius 2 is 1.80 bits per heavy atom. The summed E-state index contributed by atoms with van der Waals surface area (Å²) in [4.78, 5) is 14.1. The van der Waals surface area contributed by atoms with Crippen molar-refractivity contribution in [2.24, 2.45) is 5.41 Å². The van der Waals surface area contributed by atoms with Gasteiger partial charge < -0.3 is 10.2 Å². The first kappa shape index (κ1) is 16.7. The molecule has 1 atom stereocenters. The second-order valence-electron chi connectivity index (χ2n) is 6.85. The molecule has 0 spiro atoms. The van der Waals surface area contributed by atoms with E-state index in [2.05, 4.69) is 69.3 Å². The molecule has 0 saturated carbocycles. The van der Waals surface area contributed by atoms with Crippen LogP contribution in [-0.4, -0.2) is 37.5 Å². The SMILES string of the molecule is CN(C)[C@@H](CNC(=O)CC(C)(C)C)Cc1ccccc1. The molecule has 20 heavy (non-hydrogen) atoms. The minimum Gasteiger partial charge on any atom is -0.355 e. The molecule has 3 nitrogen and oxygen atoms in total. The van der Waals surface area contributed by atoms with Gasteiger partial charge in [-0.05, 0) is 31.5 Å². The predicted octanol–water partition coefficient (Wildman–Crippen LogP) is 2.71. The number of likely N-dealkylation sites (N-methyl/N-ethyl adjacent to an activating group) is 1. The second-order valence-corrected chi connectivity index (χ2v) is 6.85. The van der Waals surface area contributed by atoms with Gasteiger partial charge in [-0.25, -0.2) is 0 Å². The van der Waals surface area contributed by atoms with E-state index < -0.39 is 0 Å². The summed E-state index contributed by atoms with van der Waals surface area (Å²) in [6.07, 6.45) is 1.52. The molecule has 0 aliphatic carbocycles. The van der Waals surface area contributed by atoms with Crippen molar-refractivity contribution in [3.8, 4) is 0 Å². The Hall–Kier alpha value is -1.35. The average Bonchev–Trinajstić information content (AvgIpc) is 2.33. The molecule has 0 unspecified atom stereocenters. The van der Waals surface area contributed by atoms with Gasteiger partial charge >= 0.3 is 0 Å². The Morgan fingerprint density at radius 1 is 1.20 bits per heavy atom. The molecule has 1 aromatic rings. The van der Waals surface area contributed by atoms with Crippen LogP contribution in [0.25, 0.3) is 0 Å². The van der Waals surface area contributed by atoms with Crippen molar-refractivity contribution in [2.45, 2.75) is 39.7 Å². The van der Waals surface area contributed by atoms with Gasteiger partial charge in [-0.3, -0.25) is 4.79 Å². The van der Waals surface area contributed by atoms with E-state index in [0.717, 1.165) is 6.42 Å². The summed E-state index contributed by atoms with van der Waals surface area (Å²) in [5.41, 5.74) is 1.34. The number of carbonyl (C=O) groups is 1. The van der Waals surface area contributed by atoms with Crippen LogP contribution in [0.1, 0.15) is 32.8 Å². The van der Waals surface area contributed by atoms with Gasteiger partial charge in [0.15, 0.2) is 0 Å². The summed E-state index contributed by atoms with van der Waals surface area (Å²) in [6.45, 7) is 6.94. The van der Waals surface area contributed by atoms with Gasteiger partial charge in [0.05, 0.1) is 0 Å². The van der Waals surface area contributed by atoms with Crippen molar-refractivity contribution >= 4 is 5.91 Å². The van der Waals surface area contributed by atoms with Gasteiger partial charge in [0, 0.05) is 19.0 Å².